The molecule has 30 heavy (non-hydrogen) atoms. The average molecular weight is 447 g/mol. The van der Waals surface area contributed by atoms with Gasteiger partial charge in [-0.2, -0.15) is 0 Å². The maximum atomic E-state index is 12.8. The van der Waals surface area contributed by atoms with Crippen LogP contribution in [0.4, 0.5) is 11.4 Å². The lowest BCUT2D eigenvalue weighted by Crippen LogP contribution is -2.34. The Hall–Kier alpha value is -2.77. The molecule has 6 nitrogen and oxygen atoms in total. The van der Waals surface area contributed by atoms with E-state index in [1.165, 1.54) is 18.7 Å². The fourth-order valence-electron chi connectivity index (χ4n) is 2.40. The molecule has 2 aromatic rings. The zero-order valence-electron chi connectivity index (χ0n) is 17.1. The van der Waals surface area contributed by atoms with Crippen molar-refractivity contribution < 1.29 is 19.5 Å². The van der Waals surface area contributed by atoms with Crippen molar-refractivity contribution in [3.8, 4) is 0 Å². The highest BCUT2D eigenvalue weighted by atomic mass is 35.5. The number of nitrogens with one attached hydrogen (secondary N) is 2. The number of thioether (sulfide) groups is 1. The molecule has 3 N–H and O–H groups in total. The van der Waals surface area contributed by atoms with Crippen molar-refractivity contribution in [3.63, 3.8) is 0 Å². The normalized spacial score (nSPS) is 11.7. The second-order valence-corrected chi connectivity index (χ2v) is 9.23. The van der Waals surface area contributed by atoms with Crippen LogP contribution in [0.1, 0.15) is 26.3 Å². The third-order valence-corrected chi connectivity index (χ3v) is 5.86. The first kappa shape index (κ1) is 23.5. The fraction of sp³-hybridized carbons (Fsp3) is 0.227. The molecular formula is C22H23ClN2O4S. The van der Waals surface area contributed by atoms with Gasteiger partial charge >= 0.3 is 5.97 Å². The first-order valence-corrected chi connectivity index (χ1v) is 10.3. The summed E-state index contributed by atoms with van der Waals surface area (Å²) < 4.78 is -0.763. The Morgan fingerprint density at radius 3 is 2.30 bits per heavy atom. The summed E-state index contributed by atoms with van der Waals surface area (Å²) >= 11 is 7.49. The van der Waals surface area contributed by atoms with E-state index in [9.17, 15) is 14.4 Å². The number of carbonyl (C=O) groups excluding carboxylic acids is 2. The first-order valence-electron chi connectivity index (χ1n) is 9.08. The van der Waals surface area contributed by atoms with Crippen molar-refractivity contribution in [1.29, 1.82) is 0 Å². The molecule has 0 saturated carbocycles. The number of carboxylic acid groups (broad SMARTS) is 1. The second-order valence-electron chi connectivity index (χ2n) is 7.13. The smallest absolute Gasteiger partial charge is 0.331 e. The summed E-state index contributed by atoms with van der Waals surface area (Å²) in [5.74, 6) is -1.83. The number of halogens is 1. The van der Waals surface area contributed by atoms with Crippen LogP contribution in [0.5, 0.6) is 0 Å². The molecule has 2 amide bonds. The molecule has 0 unspecified atom stereocenters. The zero-order chi connectivity index (χ0) is 22.5. The molecule has 158 valence electrons. The molecule has 0 aliphatic rings. The zero-order valence-corrected chi connectivity index (χ0v) is 18.6. The van der Waals surface area contributed by atoms with Crippen LogP contribution in [0, 0.1) is 6.92 Å². The Morgan fingerprint density at radius 2 is 1.70 bits per heavy atom. The van der Waals surface area contributed by atoms with Crippen molar-refractivity contribution in [2.45, 2.75) is 37.3 Å². The summed E-state index contributed by atoms with van der Waals surface area (Å²) in [6, 6.07) is 12.3. The van der Waals surface area contributed by atoms with Gasteiger partial charge in [-0.05, 0) is 69.7 Å². The number of carboxylic acids is 1. The summed E-state index contributed by atoms with van der Waals surface area (Å²) in [5.41, 5.74) is 1.95. The van der Waals surface area contributed by atoms with Gasteiger partial charge in [-0.1, -0.05) is 17.7 Å². The molecule has 0 fully saturated rings. The minimum atomic E-state index is -1.15. The third kappa shape index (κ3) is 6.37. The Morgan fingerprint density at radius 1 is 1.07 bits per heavy atom. The summed E-state index contributed by atoms with van der Waals surface area (Å²) in [6.07, 6.45) is 1.02. The van der Waals surface area contributed by atoms with Crippen LogP contribution < -0.4 is 10.6 Å². The number of hydrogen-bond acceptors (Lipinski definition) is 4. The maximum absolute atomic E-state index is 12.8. The molecule has 0 saturated heterocycles. The Kier molecular flexibility index (Phi) is 7.70. The molecule has 0 aliphatic heterocycles. The van der Waals surface area contributed by atoms with Gasteiger partial charge in [0, 0.05) is 32.9 Å². The topological polar surface area (TPSA) is 95.5 Å². The van der Waals surface area contributed by atoms with Gasteiger partial charge in [0.05, 0.1) is 4.75 Å². The molecular weight excluding hydrogens is 424 g/mol. The Labute approximate surface area is 184 Å². The molecule has 0 atom stereocenters. The molecule has 0 aromatic heterocycles. The highest BCUT2D eigenvalue weighted by molar-refractivity contribution is 8.01. The van der Waals surface area contributed by atoms with E-state index in [2.05, 4.69) is 10.6 Å². The third-order valence-electron chi connectivity index (χ3n) is 4.24. The van der Waals surface area contributed by atoms with E-state index in [1.54, 1.807) is 42.5 Å². The van der Waals surface area contributed by atoms with Crippen LogP contribution in [-0.2, 0) is 14.4 Å². The predicted octanol–water partition coefficient (Wildman–Crippen LogP) is 5.13. The van der Waals surface area contributed by atoms with Crippen LogP contribution in [0.25, 0.3) is 0 Å². The molecule has 0 bridgehead atoms. The SMILES string of the molecule is C/C(=C\C(=O)Nc1ccc(SC(C)(C)C(=O)Nc2cccc(Cl)c2C)cc1)C(=O)O. The maximum Gasteiger partial charge on any atom is 0.331 e. The van der Waals surface area contributed by atoms with E-state index in [4.69, 9.17) is 16.7 Å². The highest BCUT2D eigenvalue weighted by Gasteiger charge is 2.29. The number of rotatable bonds is 7. The largest absolute Gasteiger partial charge is 0.478 e. The van der Waals surface area contributed by atoms with Crippen LogP contribution in [-0.4, -0.2) is 27.6 Å². The van der Waals surface area contributed by atoms with Crippen LogP contribution in [0.2, 0.25) is 5.02 Å². The van der Waals surface area contributed by atoms with Gasteiger partial charge in [0.25, 0.3) is 0 Å². The van der Waals surface area contributed by atoms with Gasteiger partial charge in [-0.3, -0.25) is 9.59 Å². The number of aliphatic carboxylic acids is 1. The van der Waals surface area contributed by atoms with Crippen LogP contribution >= 0.6 is 23.4 Å². The van der Waals surface area contributed by atoms with E-state index < -0.39 is 16.6 Å². The van der Waals surface area contributed by atoms with Crippen molar-refractivity contribution >= 4 is 52.5 Å². The lowest BCUT2D eigenvalue weighted by Gasteiger charge is -2.24. The number of amides is 2. The van der Waals surface area contributed by atoms with E-state index in [0.717, 1.165) is 16.5 Å². The van der Waals surface area contributed by atoms with Gasteiger partial charge in [0.15, 0.2) is 0 Å². The van der Waals surface area contributed by atoms with E-state index in [0.29, 0.717) is 16.4 Å². The van der Waals surface area contributed by atoms with Crippen molar-refractivity contribution in [2.75, 3.05) is 10.6 Å². The predicted molar refractivity (Wildman–Crippen MR) is 121 cm³/mol. The second kappa shape index (κ2) is 9.82. The van der Waals surface area contributed by atoms with Crippen molar-refractivity contribution in [3.05, 3.63) is 64.7 Å². The van der Waals surface area contributed by atoms with Gasteiger partial charge < -0.3 is 15.7 Å². The molecule has 0 radical (unpaired) electrons. The molecule has 0 heterocycles. The molecule has 2 rings (SSSR count). The molecule has 0 spiro atoms. The number of anilines is 2. The minimum Gasteiger partial charge on any atom is -0.478 e. The van der Waals surface area contributed by atoms with Crippen molar-refractivity contribution in [2.24, 2.45) is 0 Å². The summed E-state index contributed by atoms with van der Waals surface area (Å²) in [7, 11) is 0. The Balaban J connectivity index is 2.03. The fourth-order valence-corrected chi connectivity index (χ4v) is 3.58. The molecule has 0 aliphatic carbocycles. The van der Waals surface area contributed by atoms with E-state index >= 15 is 0 Å². The van der Waals surface area contributed by atoms with Gasteiger partial charge in [0.2, 0.25) is 11.8 Å². The Bertz CT molecular complexity index is 1000. The molecule has 2 aromatic carbocycles. The van der Waals surface area contributed by atoms with Crippen LogP contribution in [0.15, 0.2) is 59.0 Å². The monoisotopic (exact) mass is 446 g/mol. The quantitative estimate of drug-likeness (QED) is 0.405. The first-order chi connectivity index (χ1) is 14.0. The van der Waals surface area contributed by atoms with Crippen LogP contribution in [0.3, 0.4) is 0 Å². The number of hydrogen-bond donors (Lipinski definition) is 3. The lowest BCUT2D eigenvalue weighted by molar-refractivity contribution is -0.132. The van der Waals surface area contributed by atoms with Gasteiger partial charge in [0.1, 0.15) is 0 Å². The minimum absolute atomic E-state index is 0.0534. The highest BCUT2D eigenvalue weighted by Crippen LogP contribution is 2.34. The standard InChI is InChI=1S/C22H23ClN2O4S/c1-13(20(27)28)12-19(26)24-15-8-10-16(11-9-15)30-22(3,4)21(29)25-18-7-5-6-17(23)14(18)2/h5-12H,1-4H3,(H,24,26)(H,25,29)(H,27,28)/b13-12+. The van der Waals surface area contributed by atoms with Gasteiger partial charge in [-0.25, -0.2) is 4.79 Å². The van der Waals surface area contributed by atoms with Gasteiger partial charge in [-0.15, -0.1) is 11.8 Å². The number of carbonyl (C=O) groups is 3. The van der Waals surface area contributed by atoms with E-state index in [-0.39, 0.29) is 11.5 Å². The van der Waals surface area contributed by atoms with E-state index in [1.807, 2.05) is 20.8 Å². The number of benzene rings is 2. The molecule has 8 heteroatoms. The summed E-state index contributed by atoms with van der Waals surface area (Å²) in [4.78, 5) is 36.2. The average Bonchev–Trinajstić information content (AvgIpc) is 2.66. The summed E-state index contributed by atoms with van der Waals surface area (Å²) in [6.45, 7) is 6.84. The van der Waals surface area contributed by atoms with Crippen molar-refractivity contribution in [1.82, 2.24) is 0 Å². The summed E-state index contributed by atoms with van der Waals surface area (Å²) in [5, 5.41) is 14.9. The lowest BCUT2D eigenvalue weighted by atomic mass is 10.1.